The molecule has 1 aromatic heterocycles. The number of benzene rings is 2. The van der Waals surface area contributed by atoms with E-state index in [1.165, 1.54) is 21.3 Å². The molecule has 0 aliphatic carbocycles. The van der Waals surface area contributed by atoms with Gasteiger partial charge in [-0.1, -0.05) is 6.07 Å². The molecule has 2 aromatic carbocycles. The van der Waals surface area contributed by atoms with Crippen LogP contribution in [0.2, 0.25) is 0 Å². The zero-order valence-corrected chi connectivity index (χ0v) is 14.1. The molecule has 0 saturated carbocycles. The van der Waals surface area contributed by atoms with E-state index in [-0.39, 0.29) is 5.56 Å². The van der Waals surface area contributed by atoms with Gasteiger partial charge in [-0.05, 0) is 41.5 Å². The highest BCUT2D eigenvalue weighted by Gasteiger charge is 2.17. The van der Waals surface area contributed by atoms with Gasteiger partial charge in [0.2, 0.25) is 5.75 Å². The largest absolute Gasteiger partial charge is 0.493 e. The van der Waals surface area contributed by atoms with Crippen molar-refractivity contribution in [2.75, 3.05) is 21.3 Å². The average molecular weight is 339 g/mol. The summed E-state index contributed by atoms with van der Waals surface area (Å²) in [5.41, 5.74) is 2.06. The summed E-state index contributed by atoms with van der Waals surface area (Å²) < 4.78 is 16.1. The Kier molecular flexibility index (Phi) is 4.43. The van der Waals surface area contributed by atoms with E-state index in [2.05, 4.69) is 4.98 Å². The highest BCUT2D eigenvalue weighted by molar-refractivity contribution is 6.04. The summed E-state index contributed by atoms with van der Waals surface area (Å²) in [6.07, 6.45) is 1.58. The van der Waals surface area contributed by atoms with Crippen LogP contribution in [0.5, 0.6) is 17.2 Å². The summed E-state index contributed by atoms with van der Waals surface area (Å²) in [6.45, 7) is 0. The lowest BCUT2D eigenvalue weighted by atomic mass is 9.98. The minimum atomic E-state index is -1.03. The van der Waals surface area contributed by atoms with Crippen molar-refractivity contribution in [1.82, 2.24) is 4.98 Å². The normalized spacial score (nSPS) is 10.5. The molecule has 3 rings (SSSR count). The van der Waals surface area contributed by atoms with Gasteiger partial charge in [0.1, 0.15) is 0 Å². The standard InChI is InChI=1S/C19H17NO5/c1-23-15-9-13(10-16(24-2)18(15)25-3)12-7-11-5-4-6-20-17(11)14(8-12)19(21)22/h4-10H,1-3H3,(H,21,22). The van der Waals surface area contributed by atoms with Crippen LogP contribution in [0, 0.1) is 0 Å². The Morgan fingerprint density at radius 1 is 0.960 bits per heavy atom. The Bertz CT molecular complexity index is 927. The number of methoxy groups -OCH3 is 3. The van der Waals surface area contributed by atoms with Crippen LogP contribution in [-0.2, 0) is 0 Å². The topological polar surface area (TPSA) is 77.9 Å². The third-order valence-corrected chi connectivity index (χ3v) is 3.93. The molecule has 0 aliphatic rings. The first-order chi connectivity index (χ1) is 12.1. The fourth-order valence-electron chi connectivity index (χ4n) is 2.77. The molecule has 0 unspecified atom stereocenters. The number of carboxylic acids is 1. The lowest BCUT2D eigenvalue weighted by Crippen LogP contribution is -2.00. The van der Waals surface area contributed by atoms with E-state index in [1.54, 1.807) is 30.5 Å². The summed E-state index contributed by atoms with van der Waals surface area (Å²) in [6, 6.07) is 10.6. The Hall–Kier alpha value is -3.28. The number of fused-ring (bicyclic) bond motifs is 1. The van der Waals surface area contributed by atoms with Crippen LogP contribution in [0.15, 0.2) is 42.6 Å². The summed E-state index contributed by atoms with van der Waals surface area (Å²) in [5, 5.41) is 10.3. The lowest BCUT2D eigenvalue weighted by Gasteiger charge is -2.15. The van der Waals surface area contributed by atoms with E-state index < -0.39 is 5.97 Å². The van der Waals surface area contributed by atoms with E-state index in [0.717, 1.165) is 16.5 Å². The van der Waals surface area contributed by atoms with Gasteiger partial charge in [-0.3, -0.25) is 4.98 Å². The molecule has 25 heavy (non-hydrogen) atoms. The molecule has 0 fully saturated rings. The number of carboxylic acid groups (broad SMARTS) is 1. The Balaban J connectivity index is 2.28. The highest BCUT2D eigenvalue weighted by Crippen LogP contribution is 2.41. The van der Waals surface area contributed by atoms with Crippen LogP contribution in [0.25, 0.3) is 22.0 Å². The molecule has 6 nitrogen and oxygen atoms in total. The number of pyridine rings is 1. The molecule has 0 spiro atoms. The molecule has 6 heteroatoms. The SMILES string of the molecule is COc1cc(-c2cc(C(=O)O)c3ncccc3c2)cc(OC)c1OC. The third kappa shape index (κ3) is 2.94. The lowest BCUT2D eigenvalue weighted by molar-refractivity contribution is 0.0699. The number of carbonyl (C=O) groups is 1. The fourth-order valence-corrected chi connectivity index (χ4v) is 2.77. The first-order valence-electron chi connectivity index (χ1n) is 7.51. The molecule has 0 radical (unpaired) electrons. The van der Waals surface area contributed by atoms with Gasteiger partial charge in [0.05, 0.1) is 32.4 Å². The molecule has 0 atom stereocenters. The van der Waals surface area contributed by atoms with Crippen LogP contribution in [0.4, 0.5) is 0 Å². The maximum absolute atomic E-state index is 11.6. The van der Waals surface area contributed by atoms with Crippen molar-refractivity contribution in [3.8, 4) is 28.4 Å². The number of rotatable bonds is 5. The van der Waals surface area contributed by atoms with Crippen LogP contribution in [0.3, 0.4) is 0 Å². The Labute approximate surface area is 144 Å². The zero-order valence-electron chi connectivity index (χ0n) is 14.1. The van der Waals surface area contributed by atoms with Gasteiger partial charge in [-0.2, -0.15) is 0 Å². The van der Waals surface area contributed by atoms with Gasteiger partial charge in [-0.25, -0.2) is 4.79 Å². The van der Waals surface area contributed by atoms with Crippen LogP contribution >= 0.6 is 0 Å². The van der Waals surface area contributed by atoms with Crippen LogP contribution in [0.1, 0.15) is 10.4 Å². The smallest absolute Gasteiger partial charge is 0.337 e. The molecule has 1 heterocycles. The molecule has 128 valence electrons. The van der Waals surface area contributed by atoms with Gasteiger partial charge in [0, 0.05) is 11.6 Å². The van der Waals surface area contributed by atoms with Crippen LogP contribution in [-0.4, -0.2) is 37.4 Å². The Morgan fingerprint density at radius 3 is 2.16 bits per heavy atom. The molecular formula is C19H17NO5. The van der Waals surface area contributed by atoms with Gasteiger partial charge < -0.3 is 19.3 Å². The average Bonchev–Trinajstić information content (AvgIpc) is 2.65. The number of hydrogen-bond donors (Lipinski definition) is 1. The number of ether oxygens (including phenoxy) is 3. The van der Waals surface area contributed by atoms with Crippen molar-refractivity contribution in [3.05, 3.63) is 48.2 Å². The van der Waals surface area contributed by atoms with Gasteiger partial charge in [0.15, 0.2) is 11.5 Å². The van der Waals surface area contributed by atoms with Crippen molar-refractivity contribution >= 4 is 16.9 Å². The van der Waals surface area contributed by atoms with Crippen molar-refractivity contribution in [2.45, 2.75) is 0 Å². The summed E-state index contributed by atoms with van der Waals surface area (Å²) in [7, 11) is 4.60. The molecule has 0 amide bonds. The Morgan fingerprint density at radius 2 is 1.60 bits per heavy atom. The van der Waals surface area contributed by atoms with Crippen molar-refractivity contribution < 1.29 is 24.1 Å². The predicted molar refractivity (Wildman–Crippen MR) is 93.8 cm³/mol. The molecule has 0 aliphatic heterocycles. The molecule has 1 N–H and O–H groups in total. The molecular weight excluding hydrogens is 322 g/mol. The molecule has 0 saturated heterocycles. The summed E-state index contributed by atoms with van der Waals surface area (Å²) in [4.78, 5) is 15.8. The quantitative estimate of drug-likeness (QED) is 0.765. The summed E-state index contributed by atoms with van der Waals surface area (Å²) >= 11 is 0. The number of nitrogens with zero attached hydrogens (tertiary/aromatic N) is 1. The first kappa shape index (κ1) is 16.6. The second kappa shape index (κ2) is 6.68. The summed E-state index contributed by atoms with van der Waals surface area (Å²) in [5.74, 6) is 0.452. The third-order valence-electron chi connectivity index (χ3n) is 3.93. The van der Waals surface area contributed by atoms with Gasteiger partial charge >= 0.3 is 5.97 Å². The minimum absolute atomic E-state index is 0.141. The first-order valence-corrected chi connectivity index (χ1v) is 7.51. The zero-order chi connectivity index (χ0) is 18.0. The van der Waals surface area contributed by atoms with E-state index in [1.807, 2.05) is 12.1 Å². The minimum Gasteiger partial charge on any atom is -0.493 e. The maximum atomic E-state index is 11.6. The van der Waals surface area contributed by atoms with Crippen LogP contribution < -0.4 is 14.2 Å². The van der Waals surface area contributed by atoms with E-state index in [9.17, 15) is 9.90 Å². The highest BCUT2D eigenvalue weighted by atomic mass is 16.5. The van der Waals surface area contributed by atoms with Gasteiger partial charge in [-0.15, -0.1) is 0 Å². The number of hydrogen-bond acceptors (Lipinski definition) is 5. The maximum Gasteiger partial charge on any atom is 0.337 e. The second-order valence-electron chi connectivity index (χ2n) is 5.32. The fraction of sp³-hybridized carbons (Fsp3) is 0.158. The molecule has 3 aromatic rings. The van der Waals surface area contributed by atoms with E-state index in [4.69, 9.17) is 14.2 Å². The van der Waals surface area contributed by atoms with E-state index in [0.29, 0.717) is 22.8 Å². The number of aromatic carboxylic acids is 1. The van der Waals surface area contributed by atoms with Crippen molar-refractivity contribution in [2.24, 2.45) is 0 Å². The monoisotopic (exact) mass is 339 g/mol. The predicted octanol–water partition coefficient (Wildman–Crippen LogP) is 3.63. The second-order valence-corrected chi connectivity index (χ2v) is 5.32. The molecule has 0 bridgehead atoms. The van der Waals surface area contributed by atoms with Gasteiger partial charge in [0.25, 0.3) is 0 Å². The van der Waals surface area contributed by atoms with Crippen molar-refractivity contribution in [3.63, 3.8) is 0 Å². The van der Waals surface area contributed by atoms with E-state index >= 15 is 0 Å². The number of aromatic nitrogens is 1. The van der Waals surface area contributed by atoms with Crippen molar-refractivity contribution in [1.29, 1.82) is 0 Å².